The van der Waals surface area contributed by atoms with Gasteiger partial charge in [0.05, 0.1) is 29.5 Å². The van der Waals surface area contributed by atoms with Crippen LogP contribution in [0.25, 0.3) is 0 Å². The second-order valence-electron chi connectivity index (χ2n) is 5.09. The number of rotatable bonds is 6. The fourth-order valence-electron chi connectivity index (χ4n) is 1.71. The zero-order chi connectivity index (χ0) is 15.5. The lowest BCUT2D eigenvalue weighted by Crippen LogP contribution is -2.31. The van der Waals surface area contributed by atoms with Gasteiger partial charge >= 0.3 is 5.97 Å². The average Bonchev–Trinajstić information content (AvgIpc) is 3.05. The molecule has 0 atom stereocenters. The highest BCUT2D eigenvalue weighted by molar-refractivity contribution is 7.13. The van der Waals surface area contributed by atoms with Crippen molar-refractivity contribution < 1.29 is 9.53 Å². The molecule has 0 spiro atoms. The van der Waals surface area contributed by atoms with Gasteiger partial charge in [-0.15, -0.1) is 22.7 Å². The summed E-state index contributed by atoms with van der Waals surface area (Å²) in [7, 11) is 0. The molecular formula is C14H19N3O2S2. The van der Waals surface area contributed by atoms with E-state index in [2.05, 4.69) is 15.3 Å². The molecule has 2 rings (SSSR count). The van der Waals surface area contributed by atoms with Gasteiger partial charge in [0.25, 0.3) is 0 Å². The van der Waals surface area contributed by atoms with Crippen LogP contribution in [0.4, 0.5) is 5.13 Å². The van der Waals surface area contributed by atoms with E-state index in [1.165, 1.54) is 11.3 Å². The van der Waals surface area contributed by atoms with E-state index in [1.807, 2.05) is 31.5 Å². The van der Waals surface area contributed by atoms with Crippen LogP contribution in [-0.2, 0) is 21.5 Å². The summed E-state index contributed by atoms with van der Waals surface area (Å²) < 4.78 is 5.10. The molecule has 1 N–H and O–H groups in total. The summed E-state index contributed by atoms with van der Waals surface area (Å²) in [6.07, 6.45) is 0. The lowest BCUT2D eigenvalue weighted by molar-refractivity contribution is -0.148. The number of esters is 1. The van der Waals surface area contributed by atoms with Gasteiger partial charge in [-0.1, -0.05) is 0 Å². The minimum atomic E-state index is -0.732. The number of nitrogens with zero attached hydrogens (tertiary/aromatic N) is 2. The summed E-state index contributed by atoms with van der Waals surface area (Å²) in [5.74, 6) is -0.253. The lowest BCUT2D eigenvalue weighted by Gasteiger charge is -2.19. The van der Waals surface area contributed by atoms with E-state index in [1.54, 1.807) is 18.3 Å². The maximum absolute atomic E-state index is 12.0. The summed E-state index contributed by atoms with van der Waals surface area (Å²) in [6, 6.07) is 0. The zero-order valence-corrected chi connectivity index (χ0v) is 14.2. The molecular weight excluding hydrogens is 306 g/mol. The van der Waals surface area contributed by atoms with Crippen molar-refractivity contribution in [3.63, 3.8) is 0 Å². The molecule has 0 fully saturated rings. The van der Waals surface area contributed by atoms with Gasteiger partial charge in [-0.25, -0.2) is 9.97 Å². The van der Waals surface area contributed by atoms with Crippen LogP contribution in [0, 0.1) is 6.92 Å². The first-order valence-corrected chi connectivity index (χ1v) is 8.47. The van der Waals surface area contributed by atoms with E-state index in [4.69, 9.17) is 4.74 Å². The number of ether oxygens (including phenoxy) is 1. The number of carbonyl (C=O) groups excluding carboxylic acids is 1. The highest BCUT2D eigenvalue weighted by Gasteiger charge is 2.33. The predicted octanol–water partition coefficient (Wildman–Crippen LogP) is 3.36. The Balaban J connectivity index is 2.02. The third kappa shape index (κ3) is 3.79. The molecule has 0 aliphatic heterocycles. The summed E-state index contributed by atoms with van der Waals surface area (Å²) in [6.45, 7) is 8.45. The van der Waals surface area contributed by atoms with Crippen molar-refractivity contribution in [3.8, 4) is 0 Å². The number of aryl methyl sites for hydroxylation is 1. The summed E-state index contributed by atoms with van der Waals surface area (Å²) in [5, 5.41) is 8.99. The Morgan fingerprint density at radius 3 is 2.71 bits per heavy atom. The third-order valence-electron chi connectivity index (χ3n) is 3.02. The van der Waals surface area contributed by atoms with Crippen LogP contribution in [0.2, 0.25) is 0 Å². The van der Waals surface area contributed by atoms with Gasteiger partial charge in [-0.2, -0.15) is 0 Å². The number of aromatic nitrogens is 2. The zero-order valence-electron chi connectivity index (χ0n) is 12.6. The van der Waals surface area contributed by atoms with Crippen LogP contribution in [0.1, 0.15) is 37.2 Å². The van der Waals surface area contributed by atoms with Crippen molar-refractivity contribution in [2.75, 3.05) is 11.9 Å². The number of thiazole rings is 2. The molecule has 0 aliphatic rings. The smallest absolute Gasteiger partial charge is 0.317 e. The number of carbonyl (C=O) groups is 1. The number of hydrogen-bond acceptors (Lipinski definition) is 7. The van der Waals surface area contributed by atoms with Gasteiger partial charge in [0, 0.05) is 10.8 Å². The Morgan fingerprint density at radius 2 is 2.10 bits per heavy atom. The van der Waals surface area contributed by atoms with Crippen LogP contribution in [0.3, 0.4) is 0 Å². The Labute approximate surface area is 132 Å². The van der Waals surface area contributed by atoms with Gasteiger partial charge in [-0.05, 0) is 27.7 Å². The Kier molecular flexibility index (Phi) is 4.95. The average molecular weight is 325 g/mol. The fraction of sp³-hybridized carbons (Fsp3) is 0.500. The van der Waals surface area contributed by atoms with Crippen LogP contribution in [0.5, 0.6) is 0 Å². The first kappa shape index (κ1) is 15.9. The van der Waals surface area contributed by atoms with E-state index in [0.717, 1.165) is 21.5 Å². The van der Waals surface area contributed by atoms with Gasteiger partial charge in [-0.3, -0.25) is 4.79 Å². The topological polar surface area (TPSA) is 64.1 Å². The molecule has 2 aromatic heterocycles. The first-order chi connectivity index (χ1) is 9.93. The minimum absolute atomic E-state index is 0.253. The molecule has 21 heavy (non-hydrogen) atoms. The quantitative estimate of drug-likeness (QED) is 0.825. The van der Waals surface area contributed by atoms with Crippen LogP contribution >= 0.6 is 22.7 Å². The normalized spacial score (nSPS) is 11.4. The van der Waals surface area contributed by atoms with Gasteiger partial charge in [0.15, 0.2) is 5.13 Å². The predicted molar refractivity (Wildman–Crippen MR) is 86.0 cm³/mol. The second-order valence-corrected chi connectivity index (χ2v) is 7.02. The largest absolute Gasteiger partial charge is 0.465 e. The van der Waals surface area contributed by atoms with Crippen LogP contribution < -0.4 is 5.32 Å². The van der Waals surface area contributed by atoms with E-state index in [9.17, 15) is 4.79 Å². The Bertz CT molecular complexity index is 619. The highest BCUT2D eigenvalue weighted by atomic mass is 32.1. The van der Waals surface area contributed by atoms with Gasteiger partial charge in [0.1, 0.15) is 5.41 Å². The minimum Gasteiger partial charge on any atom is -0.465 e. The molecule has 0 amide bonds. The number of hydrogen-bond donors (Lipinski definition) is 1. The Hall–Kier alpha value is -1.47. The standard InChI is InChI=1S/C14H19N3O2S2/c1-5-19-12(18)14(3,4)11-8-21-13(17-11)15-6-10-7-20-9(2)16-10/h7-8H,5-6H2,1-4H3,(H,15,17). The van der Waals surface area contributed by atoms with Gasteiger partial charge in [0.2, 0.25) is 0 Å². The molecule has 114 valence electrons. The number of nitrogens with one attached hydrogen (secondary N) is 1. The second kappa shape index (κ2) is 6.53. The van der Waals surface area contributed by atoms with Crippen molar-refractivity contribution in [3.05, 3.63) is 27.2 Å². The summed E-state index contributed by atoms with van der Waals surface area (Å²) in [4.78, 5) is 20.9. The molecule has 2 aromatic rings. The molecule has 0 saturated heterocycles. The van der Waals surface area contributed by atoms with Crippen molar-refractivity contribution in [1.82, 2.24) is 9.97 Å². The maximum Gasteiger partial charge on any atom is 0.317 e. The molecule has 0 aromatic carbocycles. The molecule has 2 heterocycles. The molecule has 0 radical (unpaired) electrons. The number of anilines is 1. The van der Waals surface area contributed by atoms with E-state index >= 15 is 0 Å². The molecule has 7 heteroatoms. The summed E-state index contributed by atoms with van der Waals surface area (Å²) >= 11 is 3.11. The molecule has 0 unspecified atom stereocenters. The molecule has 5 nitrogen and oxygen atoms in total. The lowest BCUT2D eigenvalue weighted by atomic mass is 9.90. The SMILES string of the molecule is CCOC(=O)C(C)(C)c1csc(NCc2csc(C)n2)n1. The molecule has 0 saturated carbocycles. The fourth-order valence-corrected chi connectivity index (χ4v) is 3.20. The summed E-state index contributed by atoms with van der Waals surface area (Å²) in [5.41, 5.74) is 0.991. The van der Waals surface area contributed by atoms with Crippen molar-refractivity contribution in [2.45, 2.75) is 39.7 Å². The van der Waals surface area contributed by atoms with Crippen LogP contribution in [-0.4, -0.2) is 22.5 Å². The monoisotopic (exact) mass is 325 g/mol. The van der Waals surface area contributed by atoms with Crippen molar-refractivity contribution in [1.29, 1.82) is 0 Å². The van der Waals surface area contributed by atoms with Crippen molar-refractivity contribution in [2.24, 2.45) is 0 Å². The first-order valence-electron chi connectivity index (χ1n) is 6.71. The van der Waals surface area contributed by atoms with Crippen molar-refractivity contribution >= 4 is 33.8 Å². The van der Waals surface area contributed by atoms with E-state index in [0.29, 0.717) is 13.2 Å². The third-order valence-corrected chi connectivity index (χ3v) is 4.64. The van der Waals surface area contributed by atoms with E-state index in [-0.39, 0.29) is 5.97 Å². The van der Waals surface area contributed by atoms with Gasteiger partial charge < -0.3 is 10.1 Å². The Morgan fingerprint density at radius 1 is 1.33 bits per heavy atom. The maximum atomic E-state index is 12.0. The highest BCUT2D eigenvalue weighted by Crippen LogP contribution is 2.28. The molecule has 0 aliphatic carbocycles. The molecule has 0 bridgehead atoms. The van der Waals surface area contributed by atoms with E-state index < -0.39 is 5.41 Å². The van der Waals surface area contributed by atoms with Crippen LogP contribution in [0.15, 0.2) is 10.8 Å².